The van der Waals surface area contributed by atoms with Gasteiger partial charge in [-0.1, -0.05) is 42.5 Å². The van der Waals surface area contributed by atoms with Crippen LogP contribution in [0.3, 0.4) is 0 Å². The summed E-state index contributed by atoms with van der Waals surface area (Å²) in [4.78, 5) is 13.9. The highest BCUT2D eigenvalue weighted by Crippen LogP contribution is 2.23. The highest BCUT2D eigenvalue weighted by molar-refractivity contribution is 5.86. The number of fused-ring (bicyclic) bond motifs is 1. The lowest BCUT2D eigenvalue weighted by Crippen LogP contribution is -1.80. The maximum atomic E-state index is 10.6. The van der Waals surface area contributed by atoms with E-state index in [0.717, 1.165) is 23.1 Å². The minimum absolute atomic E-state index is 0.699. The number of hydrogen-bond acceptors (Lipinski definition) is 1. The highest BCUT2D eigenvalue weighted by atomic mass is 16.1. The third-order valence-electron chi connectivity index (χ3n) is 2.89. The topological polar surface area (TPSA) is 32.9 Å². The van der Waals surface area contributed by atoms with Crippen molar-refractivity contribution in [1.29, 1.82) is 0 Å². The largest absolute Gasteiger partial charge is 0.355 e. The maximum absolute atomic E-state index is 10.6. The summed E-state index contributed by atoms with van der Waals surface area (Å²) in [5.41, 5.74) is 3.99. The van der Waals surface area contributed by atoms with Crippen LogP contribution in [0.4, 0.5) is 0 Å². The summed E-state index contributed by atoms with van der Waals surface area (Å²) < 4.78 is 0. The molecule has 0 spiro atoms. The molecule has 17 heavy (non-hydrogen) atoms. The molecule has 1 aromatic heterocycles. The molecule has 0 atom stereocenters. The third-order valence-corrected chi connectivity index (χ3v) is 2.89. The second-order valence-corrected chi connectivity index (χ2v) is 4.01. The molecule has 0 fully saturated rings. The summed E-state index contributed by atoms with van der Waals surface area (Å²) in [6.45, 7) is 0. The van der Waals surface area contributed by atoms with Crippen LogP contribution < -0.4 is 0 Å². The summed E-state index contributed by atoms with van der Waals surface area (Å²) >= 11 is 0. The van der Waals surface area contributed by atoms with E-state index < -0.39 is 0 Å². The first-order chi connectivity index (χ1) is 8.36. The minimum atomic E-state index is 0.699. The van der Waals surface area contributed by atoms with E-state index in [2.05, 4.69) is 23.2 Å². The summed E-state index contributed by atoms with van der Waals surface area (Å²) in [5.74, 6) is 0. The second-order valence-electron chi connectivity index (χ2n) is 4.01. The number of hydrogen-bond donors (Lipinski definition) is 1. The van der Waals surface area contributed by atoms with Crippen LogP contribution in [0.25, 0.3) is 22.2 Å². The van der Waals surface area contributed by atoms with Gasteiger partial charge in [0.1, 0.15) is 6.29 Å². The van der Waals surface area contributed by atoms with Crippen molar-refractivity contribution in [3.8, 4) is 11.3 Å². The maximum Gasteiger partial charge on any atom is 0.150 e. The normalized spacial score (nSPS) is 10.6. The van der Waals surface area contributed by atoms with Gasteiger partial charge in [-0.15, -0.1) is 0 Å². The molecule has 3 aromatic rings. The van der Waals surface area contributed by atoms with Crippen LogP contribution in [0.5, 0.6) is 0 Å². The zero-order valence-corrected chi connectivity index (χ0v) is 9.18. The van der Waals surface area contributed by atoms with Crippen molar-refractivity contribution in [2.24, 2.45) is 0 Å². The Kier molecular flexibility index (Phi) is 2.26. The molecule has 1 N–H and O–H groups in total. The number of H-pyrrole nitrogens is 1. The van der Waals surface area contributed by atoms with Gasteiger partial charge >= 0.3 is 0 Å². The standard InChI is InChI=1S/C15H11NO/c17-10-11-5-7-12(8-6-11)15-9-13-3-1-2-4-14(13)16-15/h1-10,16H. The number of benzene rings is 2. The lowest BCUT2D eigenvalue weighted by atomic mass is 10.1. The predicted octanol–water partition coefficient (Wildman–Crippen LogP) is 3.65. The molecule has 0 aliphatic carbocycles. The Bertz CT molecular complexity index is 632. The quantitative estimate of drug-likeness (QED) is 0.658. The Labute approximate surface area is 98.9 Å². The zero-order valence-electron chi connectivity index (χ0n) is 9.18. The number of carbonyl (C=O) groups excluding carboxylic acids is 1. The number of nitrogens with one attached hydrogen (secondary N) is 1. The van der Waals surface area contributed by atoms with Crippen molar-refractivity contribution < 1.29 is 4.79 Å². The van der Waals surface area contributed by atoms with E-state index in [4.69, 9.17) is 0 Å². The van der Waals surface area contributed by atoms with E-state index >= 15 is 0 Å². The fourth-order valence-corrected chi connectivity index (χ4v) is 1.97. The van der Waals surface area contributed by atoms with E-state index in [-0.39, 0.29) is 0 Å². The van der Waals surface area contributed by atoms with Crippen molar-refractivity contribution in [3.05, 3.63) is 60.2 Å². The molecule has 2 aromatic carbocycles. The molecule has 0 aliphatic heterocycles. The highest BCUT2D eigenvalue weighted by Gasteiger charge is 2.02. The number of aldehydes is 1. The molecule has 0 saturated heterocycles. The molecule has 0 bridgehead atoms. The van der Waals surface area contributed by atoms with Crippen LogP contribution in [0.2, 0.25) is 0 Å². The van der Waals surface area contributed by atoms with Gasteiger partial charge in [0.05, 0.1) is 0 Å². The fraction of sp³-hybridized carbons (Fsp3) is 0. The molecule has 0 aliphatic rings. The Morgan fingerprint density at radius 2 is 1.71 bits per heavy atom. The van der Waals surface area contributed by atoms with Gasteiger partial charge in [-0.3, -0.25) is 4.79 Å². The SMILES string of the molecule is O=Cc1ccc(-c2cc3ccccc3[nH]2)cc1. The summed E-state index contributed by atoms with van der Waals surface area (Å²) in [5, 5.41) is 1.20. The average Bonchev–Trinajstić information content (AvgIpc) is 2.82. The Morgan fingerprint density at radius 1 is 0.941 bits per heavy atom. The van der Waals surface area contributed by atoms with Gasteiger partial charge in [0.2, 0.25) is 0 Å². The minimum Gasteiger partial charge on any atom is -0.355 e. The van der Waals surface area contributed by atoms with Gasteiger partial charge in [0.15, 0.2) is 0 Å². The second kappa shape index (κ2) is 3.91. The molecule has 1 heterocycles. The molecule has 0 amide bonds. The van der Waals surface area contributed by atoms with E-state index in [0.29, 0.717) is 5.56 Å². The molecule has 2 nitrogen and oxygen atoms in total. The Hall–Kier alpha value is -2.35. The van der Waals surface area contributed by atoms with Gasteiger partial charge < -0.3 is 4.98 Å². The smallest absolute Gasteiger partial charge is 0.150 e. The van der Waals surface area contributed by atoms with Crippen molar-refractivity contribution in [2.45, 2.75) is 0 Å². The van der Waals surface area contributed by atoms with Crippen LogP contribution in [0.1, 0.15) is 10.4 Å². The summed E-state index contributed by atoms with van der Waals surface area (Å²) in [6, 6.07) is 17.8. The number of rotatable bonds is 2. The van der Waals surface area contributed by atoms with Crippen LogP contribution in [-0.2, 0) is 0 Å². The number of para-hydroxylation sites is 1. The predicted molar refractivity (Wildman–Crippen MR) is 69.1 cm³/mol. The van der Waals surface area contributed by atoms with Crippen LogP contribution in [0, 0.1) is 0 Å². The summed E-state index contributed by atoms with van der Waals surface area (Å²) in [7, 11) is 0. The number of carbonyl (C=O) groups is 1. The Morgan fingerprint density at radius 3 is 2.41 bits per heavy atom. The van der Waals surface area contributed by atoms with Crippen molar-refractivity contribution >= 4 is 17.2 Å². The molecule has 0 radical (unpaired) electrons. The van der Waals surface area contributed by atoms with Gasteiger partial charge in [-0.2, -0.15) is 0 Å². The molecule has 0 saturated carbocycles. The lowest BCUT2D eigenvalue weighted by Gasteiger charge is -1.97. The monoisotopic (exact) mass is 221 g/mol. The molecule has 2 heteroatoms. The van der Waals surface area contributed by atoms with Crippen LogP contribution >= 0.6 is 0 Å². The first kappa shape index (κ1) is 9.85. The lowest BCUT2D eigenvalue weighted by molar-refractivity contribution is 0.112. The zero-order chi connectivity index (χ0) is 11.7. The van der Waals surface area contributed by atoms with Gasteiger partial charge in [-0.05, 0) is 17.7 Å². The van der Waals surface area contributed by atoms with E-state index in [1.807, 2.05) is 36.4 Å². The van der Waals surface area contributed by atoms with E-state index in [9.17, 15) is 4.79 Å². The molecular formula is C15H11NO. The van der Waals surface area contributed by atoms with Gasteiger partial charge in [-0.25, -0.2) is 0 Å². The van der Waals surface area contributed by atoms with Gasteiger partial charge in [0, 0.05) is 22.2 Å². The Balaban J connectivity index is 2.10. The number of aromatic amines is 1. The molecule has 0 unspecified atom stereocenters. The molecular weight excluding hydrogens is 210 g/mol. The van der Waals surface area contributed by atoms with Crippen LogP contribution in [-0.4, -0.2) is 11.3 Å². The fourth-order valence-electron chi connectivity index (χ4n) is 1.97. The first-order valence-electron chi connectivity index (χ1n) is 5.50. The van der Waals surface area contributed by atoms with E-state index in [1.165, 1.54) is 5.39 Å². The van der Waals surface area contributed by atoms with Crippen molar-refractivity contribution in [2.75, 3.05) is 0 Å². The van der Waals surface area contributed by atoms with Gasteiger partial charge in [0.25, 0.3) is 0 Å². The van der Waals surface area contributed by atoms with E-state index in [1.54, 1.807) is 0 Å². The average molecular weight is 221 g/mol. The van der Waals surface area contributed by atoms with Crippen LogP contribution in [0.15, 0.2) is 54.6 Å². The van der Waals surface area contributed by atoms with Crippen molar-refractivity contribution in [1.82, 2.24) is 4.98 Å². The molecule has 3 rings (SSSR count). The summed E-state index contributed by atoms with van der Waals surface area (Å²) in [6.07, 6.45) is 0.856. The third kappa shape index (κ3) is 1.74. The first-order valence-corrected chi connectivity index (χ1v) is 5.50. The number of aromatic nitrogens is 1. The molecule has 82 valence electrons. The van der Waals surface area contributed by atoms with Crippen molar-refractivity contribution in [3.63, 3.8) is 0 Å².